The summed E-state index contributed by atoms with van der Waals surface area (Å²) in [5.74, 6) is 0. The third-order valence-electron chi connectivity index (χ3n) is 3.62. The molecule has 0 saturated heterocycles. The Kier molecular flexibility index (Phi) is 7.03. The number of nitrogens with one attached hydrogen (secondary N) is 1. The van der Waals surface area contributed by atoms with E-state index in [1.54, 1.807) is 28.8 Å². The first kappa shape index (κ1) is 17.4. The highest BCUT2D eigenvalue weighted by Gasteiger charge is 2.09. The van der Waals surface area contributed by atoms with Gasteiger partial charge in [-0.25, -0.2) is 9.78 Å². The van der Waals surface area contributed by atoms with Crippen LogP contribution in [0.1, 0.15) is 11.3 Å². The molecule has 1 N–H and O–H groups in total. The number of hydrogen-bond donors (Lipinski definition) is 1. The molecule has 0 aliphatic heterocycles. The van der Waals surface area contributed by atoms with Gasteiger partial charge in [0.25, 0.3) is 0 Å². The molecule has 0 fully saturated rings. The summed E-state index contributed by atoms with van der Waals surface area (Å²) in [6.45, 7) is 3.00. The number of carbonyl (C=O) groups is 1. The number of thiazole rings is 1. The molecule has 0 aliphatic carbocycles. The first-order valence-corrected chi connectivity index (χ1v) is 8.68. The molecule has 0 radical (unpaired) electrons. The van der Waals surface area contributed by atoms with E-state index in [1.807, 2.05) is 11.4 Å². The molecule has 5 nitrogen and oxygen atoms in total. The average molecular weight is 332 g/mol. The number of nitrogens with zero attached hydrogens (tertiary/aromatic N) is 3. The van der Waals surface area contributed by atoms with Crippen LogP contribution in [0.25, 0.3) is 0 Å². The number of urea groups is 1. The normalized spacial score (nSPS) is 10.7. The molecule has 1 aromatic carbocycles. The maximum Gasteiger partial charge on any atom is 0.317 e. The van der Waals surface area contributed by atoms with Crippen molar-refractivity contribution in [1.82, 2.24) is 20.1 Å². The molecule has 124 valence electrons. The molecule has 1 aromatic heterocycles. The number of amides is 2. The second-order valence-electron chi connectivity index (χ2n) is 5.61. The lowest BCUT2D eigenvalue weighted by atomic mass is 10.1. The van der Waals surface area contributed by atoms with E-state index in [0.717, 1.165) is 25.2 Å². The van der Waals surface area contributed by atoms with E-state index >= 15 is 0 Å². The highest BCUT2D eigenvalue weighted by Crippen LogP contribution is 2.04. The van der Waals surface area contributed by atoms with Crippen LogP contribution >= 0.6 is 11.3 Å². The van der Waals surface area contributed by atoms with Gasteiger partial charge in [0.05, 0.1) is 17.7 Å². The minimum absolute atomic E-state index is 0.0607. The molecule has 0 saturated carbocycles. The van der Waals surface area contributed by atoms with Gasteiger partial charge in [-0.05, 0) is 19.0 Å². The Morgan fingerprint density at radius 2 is 2.00 bits per heavy atom. The van der Waals surface area contributed by atoms with Crippen molar-refractivity contribution in [3.63, 3.8) is 0 Å². The molecule has 0 spiro atoms. The Morgan fingerprint density at radius 3 is 2.70 bits per heavy atom. The van der Waals surface area contributed by atoms with Crippen molar-refractivity contribution in [2.45, 2.75) is 13.0 Å². The molecule has 23 heavy (non-hydrogen) atoms. The van der Waals surface area contributed by atoms with Crippen LogP contribution in [-0.2, 0) is 13.0 Å². The molecule has 0 unspecified atom stereocenters. The van der Waals surface area contributed by atoms with Crippen molar-refractivity contribution >= 4 is 17.4 Å². The molecule has 0 atom stereocenters. The van der Waals surface area contributed by atoms with Crippen LogP contribution in [0.15, 0.2) is 41.2 Å². The number of aromatic nitrogens is 1. The van der Waals surface area contributed by atoms with Crippen molar-refractivity contribution in [2.75, 3.05) is 33.7 Å². The molecule has 2 rings (SSSR count). The SMILES string of the molecule is CN(CCNC(=O)N(C)Cc1cscn1)CCc1ccccc1. The van der Waals surface area contributed by atoms with Gasteiger partial charge in [-0.1, -0.05) is 30.3 Å². The molecule has 0 bridgehead atoms. The number of carbonyl (C=O) groups excluding carboxylic acids is 1. The van der Waals surface area contributed by atoms with E-state index in [9.17, 15) is 4.79 Å². The summed E-state index contributed by atoms with van der Waals surface area (Å²) in [6, 6.07) is 10.4. The largest absolute Gasteiger partial charge is 0.337 e. The standard InChI is InChI=1S/C17H24N4OS/c1-20(10-8-15-6-4-3-5-7-15)11-9-18-17(22)21(2)12-16-13-23-14-19-16/h3-7,13-14H,8-12H2,1-2H3,(H,18,22). The summed E-state index contributed by atoms with van der Waals surface area (Å²) in [7, 11) is 3.86. The van der Waals surface area contributed by atoms with E-state index in [-0.39, 0.29) is 6.03 Å². The van der Waals surface area contributed by atoms with Crippen LogP contribution in [0.4, 0.5) is 4.79 Å². The van der Waals surface area contributed by atoms with Crippen LogP contribution in [0.3, 0.4) is 0 Å². The topological polar surface area (TPSA) is 48.5 Å². The van der Waals surface area contributed by atoms with Gasteiger partial charge in [0.15, 0.2) is 0 Å². The van der Waals surface area contributed by atoms with Gasteiger partial charge < -0.3 is 15.1 Å². The lowest BCUT2D eigenvalue weighted by Crippen LogP contribution is -2.40. The molecule has 2 amide bonds. The summed E-state index contributed by atoms with van der Waals surface area (Å²) < 4.78 is 0. The van der Waals surface area contributed by atoms with Crippen LogP contribution in [0, 0.1) is 0 Å². The van der Waals surface area contributed by atoms with E-state index < -0.39 is 0 Å². The highest BCUT2D eigenvalue weighted by atomic mass is 32.1. The molecule has 0 aliphatic rings. The zero-order valence-electron chi connectivity index (χ0n) is 13.7. The predicted molar refractivity (Wildman–Crippen MR) is 94.6 cm³/mol. The van der Waals surface area contributed by atoms with Crippen molar-refractivity contribution in [3.05, 3.63) is 52.5 Å². The van der Waals surface area contributed by atoms with Crippen LogP contribution in [0.2, 0.25) is 0 Å². The maximum absolute atomic E-state index is 12.0. The van der Waals surface area contributed by atoms with Crippen molar-refractivity contribution in [2.24, 2.45) is 0 Å². The van der Waals surface area contributed by atoms with Crippen LogP contribution in [0.5, 0.6) is 0 Å². The number of hydrogen-bond acceptors (Lipinski definition) is 4. The molecular formula is C17H24N4OS. The Balaban J connectivity index is 1.60. The zero-order chi connectivity index (χ0) is 16.5. The van der Waals surface area contributed by atoms with Gasteiger partial charge in [-0.15, -0.1) is 11.3 Å². The molecule has 2 aromatic rings. The summed E-state index contributed by atoms with van der Waals surface area (Å²) in [5, 5.41) is 4.90. The maximum atomic E-state index is 12.0. The lowest BCUT2D eigenvalue weighted by molar-refractivity contribution is 0.204. The summed E-state index contributed by atoms with van der Waals surface area (Å²) >= 11 is 1.54. The number of rotatable bonds is 8. The quantitative estimate of drug-likeness (QED) is 0.808. The van der Waals surface area contributed by atoms with Crippen molar-refractivity contribution in [1.29, 1.82) is 0 Å². The fourth-order valence-corrected chi connectivity index (χ4v) is 2.75. The minimum atomic E-state index is -0.0607. The Labute approximate surface area is 141 Å². The first-order valence-electron chi connectivity index (χ1n) is 7.73. The predicted octanol–water partition coefficient (Wildman–Crippen LogP) is 2.46. The van der Waals surface area contributed by atoms with Gasteiger partial charge >= 0.3 is 6.03 Å². The minimum Gasteiger partial charge on any atom is -0.337 e. The summed E-state index contributed by atoms with van der Waals surface area (Å²) in [5.41, 5.74) is 4.04. The Morgan fingerprint density at radius 1 is 1.22 bits per heavy atom. The smallest absolute Gasteiger partial charge is 0.317 e. The second-order valence-corrected chi connectivity index (χ2v) is 6.33. The van der Waals surface area contributed by atoms with Gasteiger partial charge in [0, 0.05) is 32.1 Å². The van der Waals surface area contributed by atoms with Crippen LogP contribution < -0.4 is 5.32 Å². The Bertz CT molecular complexity index is 574. The van der Waals surface area contributed by atoms with Gasteiger partial charge in [0.2, 0.25) is 0 Å². The monoisotopic (exact) mass is 332 g/mol. The van der Waals surface area contributed by atoms with E-state index in [4.69, 9.17) is 0 Å². The summed E-state index contributed by atoms with van der Waals surface area (Å²) in [4.78, 5) is 20.1. The van der Waals surface area contributed by atoms with E-state index in [0.29, 0.717) is 13.1 Å². The third kappa shape index (κ3) is 6.38. The van der Waals surface area contributed by atoms with E-state index in [2.05, 4.69) is 46.5 Å². The van der Waals surface area contributed by atoms with Gasteiger partial charge in [-0.2, -0.15) is 0 Å². The fraction of sp³-hybridized carbons (Fsp3) is 0.412. The fourth-order valence-electron chi connectivity index (χ4n) is 2.20. The molecule has 6 heteroatoms. The van der Waals surface area contributed by atoms with E-state index in [1.165, 1.54) is 5.56 Å². The Hall–Kier alpha value is -1.92. The number of benzene rings is 1. The second kappa shape index (κ2) is 9.27. The summed E-state index contributed by atoms with van der Waals surface area (Å²) in [6.07, 6.45) is 1.02. The zero-order valence-corrected chi connectivity index (χ0v) is 14.6. The van der Waals surface area contributed by atoms with Crippen molar-refractivity contribution in [3.8, 4) is 0 Å². The lowest BCUT2D eigenvalue weighted by Gasteiger charge is -2.20. The molecule has 1 heterocycles. The highest BCUT2D eigenvalue weighted by molar-refractivity contribution is 7.07. The number of likely N-dealkylation sites (N-methyl/N-ethyl adjacent to an activating group) is 1. The van der Waals surface area contributed by atoms with Gasteiger partial charge in [0.1, 0.15) is 0 Å². The van der Waals surface area contributed by atoms with Crippen molar-refractivity contribution < 1.29 is 4.79 Å². The third-order valence-corrected chi connectivity index (χ3v) is 4.26. The molecular weight excluding hydrogens is 308 g/mol. The average Bonchev–Trinajstić information content (AvgIpc) is 3.06. The van der Waals surface area contributed by atoms with Gasteiger partial charge in [-0.3, -0.25) is 0 Å². The first-order chi connectivity index (χ1) is 11.1. The van der Waals surface area contributed by atoms with Crippen LogP contribution in [-0.4, -0.2) is 54.5 Å².